The first-order valence-corrected chi connectivity index (χ1v) is 7.51. The lowest BCUT2D eigenvalue weighted by Gasteiger charge is -2.37. The Morgan fingerprint density at radius 3 is 2.43 bits per heavy atom. The lowest BCUT2D eigenvalue weighted by Crippen LogP contribution is -2.50. The van der Waals surface area contributed by atoms with Crippen molar-refractivity contribution in [3.8, 4) is 6.07 Å². The van der Waals surface area contributed by atoms with E-state index >= 15 is 0 Å². The van der Waals surface area contributed by atoms with E-state index in [1.165, 1.54) is 31.6 Å². The summed E-state index contributed by atoms with van der Waals surface area (Å²) in [6, 6.07) is 10.9. The molecule has 1 atom stereocenters. The molecule has 2 aliphatic rings. The van der Waals surface area contributed by atoms with Gasteiger partial charge in [0.1, 0.15) is 0 Å². The Bertz CT molecular complexity index is 468. The molecular formula is C16H23ClN4. The molecule has 0 spiro atoms. The standard InChI is InChI=1S/C16H22N4.ClH/c17-11-14-1-3-15(4-2-14)13-19-7-9-20(10-8-19)16-5-6-18-12-16;/h1-4,16,18H,5-10,12-13H2;1H. The molecule has 2 heterocycles. The second-order valence-corrected chi connectivity index (χ2v) is 5.77. The normalized spacial score (nSPS) is 23.5. The van der Waals surface area contributed by atoms with E-state index in [0.717, 1.165) is 37.8 Å². The Balaban J connectivity index is 0.00000161. The summed E-state index contributed by atoms with van der Waals surface area (Å²) in [5.74, 6) is 0. The lowest BCUT2D eigenvalue weighted by atomic mass is 10.1. The number of halogens is 1. The van der Waals surface area contributed by atoms with Gasteiger partial charge >= 0.3 is 0 Å². The maximum absolute atomic E-state index is 8.81. The molecule has 1 aromatic carbocycles. The van der Waals surface area contributed by atoms with Gasteiger partial charge in [-0.3, -0.25) is 9.80 Å². The molecule has 2 saturated heterocycles. The Morgan fingerprint density at radius 2 is 1.86 bits per heavy atom. The van der Waals surface area contributed by atoms with Gasteiger partial charge in [-0.25, -0.2) is 0 Å². The number of hydrogen-bond acceptors (Lipinski definition) is 4. The number of nitrogens with one attached hydrogen (secondary N) is 1. The summed E-state index contributed by atoms with van der Waals surface area (Å²) in [5.41, 5.74) is 2.05. The molecule has 1 aromatic rings. The third-order valence-corrected chi connectivity index (χ3v) is 4.45. The molecule has 1 N–H and O–H groups in total. The SMILES string of the molecule is Cl.N#Cc1ccc(CN2CCN(C3CCNC3)CC2)cc1. The van der Waals surface area contributed by atoms with E-state index in [1.54, 1.807) is 0 Å². The van der Waals surface area contributed by atoms with Crippen molar-refractivity contribution >= 4 is 12.4 Å². The fraction of sp³-hybridized carbons (Fsp3) is 0.562. The van der Waals surface area contributed by atoms with Gasteiger partial charge in [-0.2, -0.15) is 5.26 Å². The molecule has 0 amide bonds. The summed E-state index contributed by atoms with van der Waals surface area (Å²) in [4.78, 5) is 5.15. The Labute approximate surface area is 133 Å². The third-order valence-electron chi connectivity index (χ3n) is 4.45. The summed E-state index contributed by atoms with van der Waals surface area (Å²) >= 11 is 0. The molecule has 0 bridgehead atoms. The number of benzene rings is 1. The van der Waals surface area contributed by atoms with Crippen LogP contribution < -0.4 is 5.32 Å². The highest BCUT2D eigenvalue weighted by molar-refractivity contribution is 5.85. The van der Waals surface area contributed by atoms with Gasteiger partial charge < -0.3 is 5.32 Å². The van der Waals surface area contributed by atoms with Crippen LogP contribution in [0, 0.1) is 11.3 Å². The molecule has 3 rings (SSSR count). The third kappa shape index (κ3) is 4.18. The zero-order valence-electron chi connectivity index (χ0n) is 12.3. The highest BCUT2D eigenvalue weighted by atomic mass is 35.5. The molecule has 4 nitrogen and oxygen atoms in total. The second-order valence-electron chi connectivity index (χ2n) is 5.77. The predicted molar refractivity (Wildman–Crippen MR) is 86.5 cm³/mol. The van der Waals surface area contributed by atoms with E-state index in [4.69, 9.17) is 5.26 Å². The van der Waals surface area contributed by atoms with Crippen LogP contribution in [0.15, 0.2) is 24.3 Å². The summed E-state index contributed by atoms with van der Waals surface area (Å²) in [6.45, 7) is 8.01. The summed E-state index contributed by atoms with van der Waals surface area (Å²) in [5, 5.41) is 12.3. The van der Waals surface area contributed by atoms with Crippen LogP contribution in [0.5, 0.6) is 0 Å². The van der Waals surface area contributed by atoms with Crippen LogP contribution in [-0.2, 0) is 6.54 Å². The molecule has 2 aliphatic heterocycles. The van der Waals surface area contributed by atoms with Gasteiger partial charge in [-0.15, -0.1) is 12.4 Å². The van der Waals surface area contributed by atoms with Crippen LogP contribution in [0.2, 0.25) is 0 Å². The van der Waals surface area contributed by atoms with Crippen molar-refractivity contribution in [3.05, 3.63) is 35.4 Å². The van der Waals surface area contributed by atoms with Gasteiger partial charge in [0, 0.05) is 45.3 Å². The van der Waals surface area contributed by atoms with Crippen molar-refractivity contribution in [2.45, 2.75) is 19.0 Å². The van der Waals surface area contributed by atoms with E-state index in [0.29, 0.717) is 0 Å². The Hall–Kier alpha value is -1.12. The molecule has 2 fully saturated rings. The Kier molecular flexibility index (Phi) is 6.01. The van der Waals surface area contributed by atoms with Gasteiger partial charge in [0.05, 0.1) is 11.6 Å². The quantitative estimate of drug-likeness (QED) is 0.918. The first-order valence-electron chi connectivity index (χ1n) is 7.51. The van der Waals surface area contributed by atoms with Crippen molar-refractivity contribution < 1.29 is 0 Å². The molecule has 5 heteroatoms. The minimum Gasteiger partial charge on any atom is -0.315 e. The van der Waals surface area contributed by atoms with Gasteiger partial charge in [0.2, 0.25) is 0 Å². The van der Waals surface area contributed by atoms with Crippen molar-refractivity contribution in [3.63, 3.8) is 0 Å². The summed E-state index contributed by atoms with van der Waals surface area (Å²) in [7, 11) is 0. The van der Waals surface area contributed by atoms with Gasteiger partial charge in [-0.05, 0) is 30.7 Å². The molecule has 0 radical (unpaired) electrons. The van der Waals surface area contributed by atoms with Crippen molar-refractivity contribution in [1.82, 2.24) is 15.1 Å². The van der Waals surface area contributed by atoms with Gasteiger partial charge in [-0.1, -0.05) is 12.1 Å². The predicted octanol–water partition coefficient (Wildman–Crippen LogP) is 1.46. The largest absolute Gasteiger partial charge is 0.315 e. The minimum atomic E-state index is 0. The van der Waals surface area contributed by atoms with Crippen molar-refractivity contribution in [2.75, 3.05) is 39.3 Å². The molecule has 0 aliphatic carbocycles. The second kappa shape index (κ2) is 7.77. The number of rotatable bonds is 3. The van der Waals surface area contributed by atoms with E-state index < -0.39 is 0 Å². The van der Waals surface area contributed by atoms with Crippen molar-refractivity contribution in [1.29, 1.82) is 5.26 Å². The van der Waals surface area contributed by atoms with Gasteiger partial charge in [0.25, 0.3) is 0 Å². The summed E-state index contributed by atoms with van der Waals surface area (Å²) < 4.78 is 0. The number of nitrogens with zero attached hydrogens (tertiary/aromatic N) is 3. The molecule has 114 valence electrons. The molecule has 21 heavy (non-hydrogen) atoms. The van der Waals surface area contributed by atoms with Crippen LogP contribution >= 0.6 is 12.4 Å². The van der Waals surface area contributed by atoms with E-state index in [2.05, 4.69) is 33.3 Å². The van der Waals surface area contributed by atoms with Crippen molar-refractivity contribution in [2.24, 2.45) is 0 Å². The first kappa shape index (κ1) is 16.3. The number of hydrogen-bond donors (Lipinski definition) is 1. The van der Waals surface area contributed by atoms with E-state index in [9.17, 15) is 0 Å². The van der Waals surface area contributed by atoms with E-state index in [1.807, 2.05) is 12.1 Å². The first-order chi connectivity index (χ1) is 9.85. The zero-order chi connectivity index (χ0) is 13.8. The monoisotopic (exact) mass is 306 g/mol. The van der Waals surface area contributed by atoms with Crippen LogP contribution in [0.1, 0.15) is 17.5 Å². The van der Waals surface area contributed by atoms with E-state index in [-0.39, 0.29) is 12.4 Å². The van der Waals surface area contributed by atoms with Crippen LogP contribution in [0.3, 0.4) is 0 Å². The Morgan fingerprint density at radius 1 is 1.14 bits per heavy atom. The smallest absolute Gasteiger partial charge is 0.0991 e. The highest BCUT2D eigenvalue weighted by Gasteiger charge is 2.25. The lowest BCUT2D eigenvalue weighted by molar-refractivity contribution is 0.0981. The van der Waals surface area contributed by atoms with Gasteiger partial charge in [0.15, 0.2) is 0 Å². The molecule has 0 aromatic heterocycles. The molecule has 0 saturated carbocycles. The fourth-order valence-electron chi connectivity index (χ4n) is 3.18. The highest BCUT2D eigenvalue weighted by Crippen LogP contribution is 2.14. The van der Waals surface area contributed by atoms with Crippen LogP contribution in [0.4, 0.5) is 0 Å². The molecule has 1 unspecified atom stereocenters. The summed E-state index contributed by atoms with van der Waals surface area (Å²) in [6.07, 6.45) is 1.30. The average molecular weight is 307 g/mol. The van der Waals surface area contributed by atoms with Crippen LogP contribution in [0.25, 0.3) is 0 Å². The maximum atomic E-state index is 8.81. The van der Waals surface area contributed by atoms with Crippen LogP contribution in [-0.4, -0.2) is 55.1 Å². The topological polar surface area (TPSA) is 42.3 Å². The zero-order valence-corrected chi connectivity index (χ0v) is 13.1. The maximum Gasteiger partial charge on any atom is 0.0991 e. The number of piperazine rings is 1. The minimum absolute atomic E-state index is 0. The average Bonchev–Trinajstić information content (AvgIpc) is 3.03. The number of nitriles is 1. The molecular weight excluding hydrogens is 284 g/mol. The fourth-order valence-corrected chi connectivity index (χ4v) is 3.18.